The van der Waals surface area contributed by atoms with Crippen LogP contribution < -0.4 is 15.4 Å². The SMILES string of the molecule is CCCNC(=O)Nc1cccc(OC(=O)CC2OCCc3ccsc32)c1. The maximum absolute atomic E-state index is 12.3. The minimum absolute atomic E-state index is 0.169. The van der Waals surface area contributed by atoms with Crippen molar-refractivity contribution in [1.29, 1.82) is 0 Å². The summed E-state index contributed by atoms with van der Waals surface area (Å²) < 4.78 is 11.2. The van der Waals surface area contributed by atoms with Gasteiger partial charge < -0.3 is 20.1 Å². The Morgan fingerprint density at radius 3 is 3.08 bits per heavy atom. The van der Waals surface area contributed by atoms with Crippen molar-refractivity contribution >= 4 is 29.0 Å². The molecule has 1 aliphatic rings. The number of carbonyl (C=O) groups is 2. The van der Waals surface area contributed by atoms with Gasteiger partial charge in [0.25, 0.3) is 0 Å². The number of hydrogen-bond acceptors (Lipinski definition) is 5. The first-order valence-electron chi connectivity index (χ1n) is 8.69. The predicted molar refractivity (Wildman–Crippen MR) is 101 cm³/mol. The van der Waals surface area contributed by atoms with Crippen LogP contribution in [0, 0.1) is 0 Å². The van der Waals surface area contributed by atoms with Crippen LogP contribution in [0.3, 0.4) is 0 Å². The smallest absolute Gasteiger partial charge is 0.319 e. The summed E-state index contributed by atoms with van der Waals surface area (Å²) in [4.78, 5) is 25.1. The van der Waals surface area contributed by atoms with Crippen LogP contribution in [0.5, 0.6) is 5.75 Å². The van der Waals surface area contributed by atoms with Gasteiger partial charge in [-0.15, -0.1) is 11.3 Å². The lowest BCUT2D eigenvalue weighted by atomic mass is 10.1. The molecule has 2 aromatic rings. The Morgan fingerprint density at radius 1 is 1.35 bits per heavy atom. The number of thiophene rings is 1. The van der Waals surface area contributed by atoms with E-state index in [0.717, 1.165) is 17.7 Å². The van der Waals surface area contributed by atoms with Crippen molar-refractivity contribution in [3.63, 3.8) is 0 Å². The zero-order valence-electron chi connectivity index (χ0n) is 14.6. The normalized spacial score (nSPS) is 15.8. The Morgan fingerprint density at radius 2 is 2.23 bits per heavy atom. The third kappa shape index (κ3) is 4.83. The highest BCUT2D eigenvalue weighted by atomic mass is 32.1. The van der Waals surface area contributed by atoms with Crippen LogP contribution in [0.4, 0.5) is 10.5 Å². The third-order valence-electron chi connectivity index (χ3n) is 3.97. The number of anilines is 1. The third-order valence-corrected chi connectivity index (χ3v) is 5.03. The summed E-state index contributed by atoms with van der Waals surface area (Å²) in [5, 5.41) is 7.47. The molecule has 1 aromatic carbocycles. The van der Waals surface area contributed by atoms with Crippen molar-refractivity contribution in [1.82, 2.24) is 5.32 Å². The van der Waals surface area contributed by atoms with Crippen molar-refractivity contribution in [2.45, 2.75) is 32.3 Å². The van der Waals surface area contributed by atoms with E-state index in [2.05, 4.69) is 16.7 Å². The van der Waals surface area contributed by atoms with Gasteiger partial charge in [0, 0.05) is 23.2 Å². The quantitative estimate of drug-likeness (QED) is 0.594. The van der Waals surface area contributed by atoms with Gasteiger partial charge in [-0.3, -0.25) is 4.79 Å². The molecule has 0 aliphatic carbocycles. The maximum Gasteiger partial charge on any atom is 0.319 e. The zero-order valence-corrected chi connectivity index (χ0v) is 15.4. The van der Waals surface area contributed by atoms with E-state index in [1.165, 1.54) is 5.56 Å². The van der Waals surface area contributed by atoms with Crippen LogP contribution in [0.25, 0.3) is 0 Å². The summed E-state index contributed by atoms with van der Waals surface area (Å²) in [5.41, 5.74) is 1.82. The monoisotopic (exact) mass is 374 g/mol. The van der Waals surface area contributed by atoms with Gasteiger partial charge in [-0.2, -0.15) is 0 Å². The zero-order chi connectivity index (χ0) is 18.4. The molecule has 26 heavy (non-hydrogen) atoms. The van der Waals surface area contributed by atoms with Crippen LogP contribution in [0.1, 0.15) is 36.3 Å². The van der Waals surface area contributed by atoms with E-state index in [0.29, 0.717) is 24.6 Å². The first-order valence-corrected chi connectivity index (χ1v) is 9.57. The molecule has 1 aromatic heterocycles. The van der Waals surface area contributed by atoms with E-state index >= 15 is 0 Å². The molecule has 0 saturated heterocycles. The Kier molecular flexibility index (Phi) is 6.25. The molecule has 138 valence electrons. The number of nitrogens with one attached hydrogen (secondary N) is 2. The van der Waals surface area contributed by atoms with E-state index in [4.69, 9.17) is 9.47 Å². The second-order valence-corrected chi connectivity index (χ2v) is 6.95. The summed E-state index contributed by atoms with van der Waals surface area (Å²) in [7, 11) is 0. The largest absolute Gasteiger partial charge is 0.426 e. The first-order chi connectivity index (χ1) is 12.7. The fraction of sp³-hybridized carbons (Fsp3) is 0.368. The summed E-state index contributed by atoms with van der Waals surface area (Å²) in [6.07, 6.45) is 1.67. The van der Waals surface area contributed by atoms with Crippen molar-refractivity contribution in [3.8, 4) is 5.75 Å². The van der Waals surface area contributed by atoms with E-state index < -0.39 is 0 Å². The summed E-state index contributed by atoms with van der Waals surface area (Å²) >= 11 is 1.61. The molecular formula is C19H22N2O4S. The van der Waals surface area contributed by atoms with Crippen LogP contribution in [0.15, 0.2) is 35.7 Å². The Balaban J connectivity index is 1.57. The number of benzene rings is 1. The lowest BCUT2D eigenvalue weighted by Crippen LogP contribution is -2.29. The second kappa shape index (κ2) is 8.82. The number of urea groups is 1. The topological polar surface area (TPSA) is 76.7 Å². The number of ether oxygens (including phenoxy) is 2. The second-order valence-electron chi connectivity index (χ2n) is 6.01. The van der Waals surface area contributed by atoms with Gasteiger partial charge in [0.15, 0.2) is 0 Å². The van der Waals surface area contributed by atoms with Crippen molar-refractivity contribution in [3.05, 3.63) is 46.2 Å². The molecule has 7 heteroatoms. The predicted octanol–water partition coefficient (Wildman–Crippen LogP) is 3.89. The van der Waals surface area contributed by atoms with Gasteiger partial charge in [-0.25, -0.2) is 4.79 Å². The molecule has 0 spiro atoms. The maximum atomic E-state index is 12.3. The van der Waals surface area contributed by atoms with Gasteiger partial charge in [0.2, 0.25) is 0 Å². The number of carbonyl (C=O) groups excluding carboxylic acids is 2. The number of fused-ring (bicyclic) bond motifs is 1. The lowest BCUT2D eigenvalue weighted by Gasteiger charge is -2.22. The molecule has 0 fully saturated rings. The Bertz CT molecular complexity index is 774. The number of amides is 2. The van der Waals surface area contributed by atoms with E-state index in [1.807, 2.05) is 12.3 Å². The van der Waals surface area contributed by atoms with Crippen LogP contribution in [-0.4, -0.2) is 25.2 Å². The highest BCUT2D eigenvalue weighted by molar-refractivity contribution is 7.10. The number of hydrogen-bond donors (Lipinski definition) is 2. The van der Waals surface area contributed by atoms with Crippen molar-refractivity contribution < 1.29 is 19.1 Å². The summed E-state index contributed by atoms with van der Waals surface area (Å²) in [6, 6.07) is 8.58. The van der Waals surface area contributed by atoms with E-state index in [1.54, 1.807) is 35.6 Å². The Hall–Kier alpha value is -2.38. The fourth-order valence-electron chi connectivity index (χ4n) is 2.75. The van der Waals surface area contributed by atoms with Crippen molar-refractivity contribution in [2.75, 3.05) is 18.5 Å². The van der Waals surface area contributed by atoms with Gasteiger partial charge in [0.1, 0.15) is 11.9 Å². The standard InChI is InChI=1S/C19H22N2O4S/c1-2-8-20-19(23)21-14-4-3-5-15(11-14)25-17(22)12-16-18-13(6-9-24-16)7-10-26-18/h3-5,7,10-11,16H,2,6,8-9,12H2,1H3,(H2,20,21,23). The summed E-state index contributed by atoms with van der Waals surface area (Å²) in [5.74, 6) is 0.0364. The highest BCUT2D eigenvalue weighted by Gasteiger charge is 2.25. The van der Waals surface area contributed by atoms with Gasteiger partial charge in [-0.1, -0.05) is 13.0 Å². The van der Waals surface area contributed by atoms with Crippen LogP contribution >= 0.6 is 11.3 Å². The lowest BCUT2D eigenvalue weighted by molar-refractivity contribution is -0.137. The van der Waals surface area contributed by atoms with E-state index in [-0.39, 0.29) is 24.5 Å². The molecule has 0 bridgehead atoms. The molecule has 0 saturated carbocycles. The van der Waals surface area contributed by atoms with Gasteiger partial charge >= 0.3 is 12.0 Å². The molecular weight excluding hydrogens is 352 g/mol. The number of esters is 1. The van der Waals surface area contributed by atoms with Gasteiger partial charge in [0.05, 0.1) is 13.0 Å². The average molecular weight is 374 g/mol. The van der Waals surface area contributed by atoms with Crippen LogP contribution in [-0.2, 0) is 16.0 Å². The molecule has 0 radical (unpaired) electrons. The van der Waals surface area contributed by atoms with Crippen LogP contribution in [0.2, 0.25) is 0 Å². The van der Waals surface area contributed by atoms with E-state index in [9.17, 15) is 9.59 Å². The van der Waals surface area contributed by atoms with Crippen molar-refractivity contribution in [2.24, 2.45) is 0 Å². The molecule has 2 heterocycles. The minimum Gasteiger partial charge on any atom is -0.426 e. The summed E-state index contributed by atoms with van der Waals surface area (Å²) in [6.45, 7) is 3.20. The molecule has 3 rings (SSSR count). The molecule has 6 nitrogen and oxygen atoms in total. The van der Waals surface area contributed by atoms with Gasteiger partial charge in [-0.05, 0) is 42.0 Å². The molecule has 2 N–H and O–H groups in total. The molecule has 1 unspecified atom stereocenters. The highest BCUT2D eigenvalue weighted by Crippen LogP contribution is 2.34. The number of rotatable bonds is 6. The molecule has 1 aliphatic heterocycles. The minimum atomic E-state index is -0.358. The molecule has 1 atom stereocenters. The Labute approximate surface area is 156 Å². The fourth-order valence-corrected chi connectivity index (χ4v) is 3.75. The average Bonchev–Trinajstić information content (AvgIpc) is 3.10. The molecule has 2 amide bonds. The first kappa shape index (κ1) is 18.4.